The van der Waals surface area contributed by atoms with Crippen LogP contribution in [0.4, 0.5) is 0 Å². The van der Waals surface area contributed by atoms with Crippen molar-refractivity contribution in [2.45, 2.75) is 38.4 Å². The van der Waals surface area contributed by atoms with Gasteiger partial charge >= 0.3 is 0 Å². The number of quaternary nitrogens is 1. The summed E-state index contributed by atoms with van der Waals surface area (Å²) in [6.07, 6.45) is 3.29. The van der Waals surface area contributed by atoms with Crippen LogP contribution in [0.2, 0.25) is 0 Å². The Hall–Kier alpha value is -0.900. The number of hydrogen-bond donors (Lipinski definition) is 2. The molecule has 3 heteroatoms. The van der Waals surface area contributed by atoms with Crippen LogP contribution in [-0.4, -0.2) is 37.5 Å². The van der Waals surface area contributed by atoms with E-state index in [4.69, 9.17) is 4.74 Å². The highest BCUT2D eigenvalue weighted by molar-refractivity contribution is 5.17. The van der Waals surface area contributed by atoms with Crippen molar-refractivity contribution in [2.24, 2.45) is 0 Å². The van der Waals surface area contributed by atoms with Gasteiger partial charge in [0.1, 0.15) is 12.6 Å². The van der Waals surface area contributed by atoms with Gasteiger partial charge in [0.15, 0.2) is 0 Å². The summed E-state index contributed by atoms with van der Waals surface area (Å²) >= 11 is 0. The van der Waals surface area contributed by atoms with Crippen molar-refractivity contribution >= 4 is 0 Å². The average Bonchev–Trinajstić information content (AvgIpc) is 2.93. The Morgan fingerprint density at radius 3 is 2.53 bits per heavy atom. The first kappa shape index (κ1) is 14.5. The van der Waals surface area contributed by atoms with E-state index in [1.807, 2.05) is 18.2 Å². The lowest BCUT2D eigenvalue weighted by Gasteiger charge is -2.21. The van der Waals surface area contributed by atoms with Crippen LogP contribution in [0.5, 0.6) is 0 Å². The van der Waals surface area contributed by atoms with Gasteiger partial charge in [0.2, 0.25) is 0 Å². The summed E-state index contributed by atoms with van der Waals surface area (Å²) in [6.45, 7) is 5.79. The van der Waals surface area contributed by atoms with E-state index in [0.29, 0.717) is 6.61 Å². The number of aliphatic hydroxyl groups is 1. The van der Waals surface area contributed by atoms with Crippen LogP contribution in [0, 0.1) is 0 Å². The molecular formula is C16H26NO2+. The second-order valence-electron chi connectivity index (χ2n) is 5.46. The van der Waals surface area contributed by atoms with E-state index >= 15 is 0 Å². The van der Waals surface area contributed by atoms with Gasteiger partial charge in [-0.15, -0.1) is 0 Å². The van der Waals surface area contributed by atoms with E-state index in [-0.39, 0.29) is 12.2 Å². The predicted octanol–water partition coefficient (Wildman–Crippen LogP) is 1.19. The molecule has 0 bridgehead atoms. The fourth-order valence-corrected chi connectivity index (χ4v) is 2.82. The number of aliphatic hydroxyl groups excluding tert-OH is 1. The topological polar surface area (TPSA) is 33.9 Å². The minimum absolute atomic E-state index is 0.101. The van der Waals surface area contributed by atoms with E-state index in [1.54, 1.807) is 0 Å². The van der Waals surface area contributed by atoms with Gasteiger partial charge in [-0.25, -0.2) is 0 Å². The van der Waals surface area contributed by atoms with Crippen LogP contribution in [0.25, 0.3) is 0 Å². The van der Waals surface area contributed by atoms with Crippen molar-refractivity contribution in [3.8, 4) is 0 Å². The first-order chi connectivity index (χ1) is 9.29. The van der Waals surface area contributed by atoms with E-state index in [0.717, 1.165) is 13.0 Å². The molecule has 0 amide bonds. The zero-order valence-electron chi connectivity index (χ0n) is 11.8. The third-order valence-corrected chi connectivity index (χ3v) is 3.87. The highest BCUT2D eigenvalue weighted by Crippen LogP contribution is 2.20. The van der Waals surface area contributed by atoms with E-state index in [9.17, 15) is 5.11 Å². The van der Waals surface area contributed by atoms with Crippen molar-refractivity contribution in [2.75, 3.05) is 26.2 Å². The summed E-state index contributed by atoms with van der Waals surface area (Å²) in [6, 6.07) is 10.3. The van der Waals surface area contributed by atoms with Gasteiger partial charge in [-0.05, 0) is 12.0 Å². The number of benzene rings is 1. The van der Waals surface area contributed by atoms with Gasteiger partial charge in [0, 0.05) is 12.8 Å². The number of likely N-dealkylation sites (tertiary alicyclic amines) is 1. The number of rotatable bonds is 7. The summed E-state index contributed by atoms with van der Waals surface area (Å²) in [4.78, 5) is 1.52. The molecule has 0 spiro atoms. The van der Waals surface area contributed by atoms with Gasteiger partial charge in [0.05, 0.1) is 25.8 Å². The lowest BCUT2D eigenvalue weighted by atomic mass is 10.1. The Kier molecular flexibility index (Phi) is 5.83. The van der Waals surface area contributed by atoms with Gasteiger partial charge in [-0.1, -0.05) is 37.3 Å². The second-order valence-corrected chi connectivity index (χ2v) is 5.46. The highest BCUT2D eigenvalue weighted by atomic mass is 16.5. The maximum Gasteiger partial charge on any atom is 0.126 e. The third-order valence-electron chi connectivity index (χ3n) is 3.87. The average molecular weight is 264 g/mol. The van der Waals surface area contributed by atoms with Crippen LogP contribution in [0.15, 0.2) is 30.3 Å². The van der Waals surface area contributed by atoms with E-state index in [1.165, 1.54) is 36.4 Å². The summed E-state index contributed by atoms with van der Waals surface area (Å²) in [5.41, 5.74) is 1.20. The number of nitrogens with one attached hydrogen (secondary N) is 1. The molecule has 2 rings (SSSR count). The van der Waals surface area contributed by atoms with Crippen LogP contribution in [-0.2, 0) is 4.74 Å². The largest absolute Gasteiger partial charge is 0.385 e. The fourth-order valence-electron chi connectivity index (χ4n) is 2.82. The Bertz CT molecular complexity index is 349. The molecule has 19 heavy (non-hydrogen) atoms. The Labute approximate surface area is 116 Å². The minimum Gasteiger partial charge on any atom is -0.385 e. The zero-order valence-corrected chi connectivity index (χ0v) is 11.8. The quantitative estimate of drug-likeness (QED) is 0.776. The summed E-state index contributed by atoms with van der Waals surface area (Å²) in [5.74, 6) is 0. The Balaban J connectivity index is 1.76. The van der Waals surface area contributed by atoms with Crippen LogP contribution >= 0.6 is 0 Å². The van der Waals surface area contributed by atoms with Gasteiger partial charge in [-0.3, -0.25) is 0 Å². The second kappa shape index (κ2) is 7.63. The smallest absolute Gasteiger partial charge is 0.126 e. The first-order valence-electron chi connectivity index (χ1n) is 7.47. The maximum absolute atomic E-state index is 10.1. The fraction of sp³-hybridized carbons (Fsp3) is 0.625. The molecular weight excluding hydrogens is 238 g/mol. The zero-order chi connectivity index (χ0) is 13.5. The predicted molar refractivity (Wildman–Crippen MR) is 76.2 cm³/mol. The number of ether oxygens (including phenoxy) is 1. The van der Waals surface area contributed by atoms with Gasteiger partial charge in [0.25, 0.3) is 0 Å². The van der Waals surface area contributed by atoms with Gasteiger partial charge < -0.3 is 14.7 Å². The van der Waals surface area contributed by atoms with Crippen molar-refractivity contribution in [3.05, 3.63) is 35.9 Å². The lowest BCUT2D eigenvalue weighted by molar-refractivity contribution is -0.890. The molecule has 0 aromatic heterocycles. The number of hydrogen-bond acceptors (Lipinski definition) is 2. The monoisotopic (exact) mass is 264 g/mol. The molecule has 106 valence electrons. The Morgan fingerprint density at radius 2 is 1.89 bits per heavy atom. The Morgan fingerprint density at radius 1 is 1.21 bits per heavy atom. The van der Waals surface area contributed by atoms with Crippen LogP contribution in [0.1, 0.15) is 37.9 Å². The normalized spacial score (nSPS) is 19.5. The molecule has 0 saturated carbocycles. The lowest BCUT2D eigenvalue weighted by Crippen LogP contribution is -3.11. The summed E-state index contributed by atoms with van der Waals surface area (Å²) < 4.78 is 5.89. The van der Waals surface area contributed by atoms with Gasteiger partial charge in [-0.2, -0.15) is 0 Å². The summed E-state index contributed by atoms with van der Waals surface area (Å²) in [5, 5.41) is 10.1. The molecule has 1 aromatic rings. The molecule has 0 unspecified atom stereocenters. The molecule has 2 N–H and O–H groups in total. The molecule has 3 nitrogen and oxygen atoms in total. The van der Waals surface area contributed by atoms with E-state index < -0.39 is 0 Å². The van der Waals surface area contributed by atoms with Crippen LogP contribution in [0.3, 0.4) is 0 Å². The third kappa shape index (κ3) is 4.60. The highest BCUT2D eigenvalue weighted by Gasteiger charge is 2.20. The molecule has 1 fully saturated rings. The maximum atomic E-state index is 10.1. The van der Waals surface area contributed by atoms with Crippen molar-refractivity contribution in [1.29, 1.82) is 0 Å². The molecule has 1 aliphatic heterocycles. The molecule has 0 radical (unpaired) electrons. The molecule has 0 aliphatic carbocycles. The molecule has 1 saturated heterocycles. The first-order valence-corrected chi connectivity index (χ1v) is 7.47. The van der Waals surface area contributed by atoms with E-state index in [2.05, 4.69) is 19.1 Å². The minimum atomic E-state index is -0.342. The van der Waals surface area contributed by atoms with Crippen molar-refractivity contribution < 1.29 is 14.7 Å². The molecule has 2 atom stereocenters. The van der Waals surface area contributed by atoms with Crippen molar-refractivity contribution in [3.63, 3.8) is 0 Å². The summed E-state index contributed by atoms with van der Waals surface area (Å²) in [7, 11) is 0. The molecule has 1 heterocycles. The molecule has 1 aromatic carbocycles. The molecule has 1 aliphatic rings. The SMILES string of the molecule is CC[C@@H](OC[C@H](O)C[NH+]1CCCC1)c1ccccc1. The standard InChI is InChI=1S/C16H25NO2/c1-2-16(14-8-4-3-5-9-14)19-13-15(18)12-17-10-6-7-11-17/h3-5,8-9,15-16,18H,2,6-7,10-13H2,1H3/p+1/t15-,16-/m1/s1. The van der Waals surface area contributed by atoms with Crippen molar-refractivity contribution in [1.82, 2.24) is 0 Å². The van der Waals surface area contributed by atoms with Crippen LogP contribution < -0.4 is 4.90 Å².